The normalized spacial score (nSPS) is 17.9. The maximum atomic E-state index is 12.8. The number of nitrogens with one attached hydrogen (secondary N) is 1. The van der Waals surface area contributed by atoms with E-state index in [1.165, 1.54) is 0 Å². The Kier molecular flexibility index (Phi) is 4.58. The molecule has 0 radical (unpaired) electrons. The predicted molar refractivity (Wildman–Crippen MR) is 97.8 cm³/mol. The Morgan fingerprint density at radius 2 is 2.04 bits per heavy atom. The van der Waals surface area contributed by atoms with Crippen LogP contribution in [0.2, 0.25) is 0 Å². The first kappa shape index (κ1) is 17.2. The second-order valence-corrected chi connectivity index (χ2v) is 6.45. The van der Waals surface area contributed by atoms with E-state index in [0.717, 1.165) is 5.56 Å². The predicted octanol–water partition coefficient (Wildman–Crippen LogP) is 2.55. The van der Waals surface area contributed by atoms with Crippen LogP contribution >= 0.6 is 0 Å². The average molecular weight is 368 g/mol. The number of fused-ring (bicyclic) bond motifs is 1. The van der Waals surface area contributed by atoms with Crippen molar-refractivity contribution in [3.8, 4) is 17.2 Å². The number of hydrogen-bond donors (Lipinski definition) is 1. The minimum absolute atomic E-state index is 0.0354. The number of hydrogen-bond acceptors (Lipinski definition) is 5. The van der Waals surface area contributed by atoms with Crippen LogP contribution in [0.25, 0.3) is 0 Å². The number of benzene rings is 2. The van der Waals surface area contributed by atoms with Gasteiger partial charge in [-0.1, -0.05) is 18.2 Å². The number of methoxy groups -OCH3 is 1. The number of amides is 2. The molecular formula is C20H20N2O5. The number of likely N-dealkylation sites (tertiary alicyclic amines) is 1. The highest BCUT2D eigenvalue weighted by atomic mass is 16.7. The number of anilines is 1. The van der Waals surface area contributed by atoms with E-state index in [1.807, 2.05) is 24.3 Å². The molecule has 2 amide bonds. The van der Waals surface area contributed by atoms with Crippen LogP contribution < -0.4 is 19.5 Å². The van der Waals surface area contributed by atoms with Crippen LogP contribution in [-0.4, -0.2) is 36.7 Å². The molecule has 7 heteroatoms. The van der Waals surface area contributed by atoms with E-state index in [-0.39, 0.29) is 18.6 Å². The van der Waals surface area contributed by atoms with Crippen LogP contribution in [0.15, 0.2) is 42.5 Å². The van der Waals surface area contributed by atoms with Gasteiger partial charge in [0, 0.05) is 23.7 Å². The van der Waals surface area contributed by atoms with Crippen molar-refractivity contribution in [2.24, 2.45) is 0 Å². The number of carbonyl (C=O) groups excluding carboxylic acids is 2. The van der Waals surface area contributed by atoms with E-state index in [2.05, 4.69) is 5.32 Å². The van der Waals surface area contributed by atoms with Crippen molar-refractivity contribution in [3.05, 3.63) is 48.0 Å². The number of carbonyl (C=O) groups is 2. The molecule has 1 fully saturated rings. The molecule has 2 aromatic carbocycles. The van der Waals surface area contributed by atoms with Crippen LogP contribution in [0.3, 0.4) is 0 Å². The SMILES string of the molecule is COc1ccccc1CN1C(=O)CCC1C(=O)Nc1ccc2c(c1)OCO2. The summed E-state index contributed by atoms with van der Waals surface area (Å²) in [6.07, 6.45) is 0.846. The molecular weight excluding hydrogens is 348 g/mol. The standard InChI is InChI=1S/C20H20N2O5/c1-25-16-5-3-2-4-13(16)11-22-15(7-9-19(22)23)20(24)21-14-6-8-17-18(10-14)27-12-26-17/h2-6,8,10,15H,7,9,11-12H2,1H3,(H,21,24). The van der Waals surface area contributed by atoms with E-state index >= 15 is 0 Å². The van der Waals surface area contributed by atoms with Crippen molar-refractivity contribution in [1.29, 1.82) is 0 Å². The summed E-state index contributed by atoms with van der Waals surface area (Å²) in [5.74, 6) is 1.71. The van der Waals surface area contributed by atoms with E-state index in [4.69, 9.17) is 14.2 Å². The van der Waals surface area contributed by atoms with Crippen LogP contribution in [0.4, 0.5) is 5.69 Å². The molecule has 1 unspecified atom stereocenters. The largest absolute Gasteiger partial charge is 0.496 e. The van der Waals surface area contributed by atoms with Gasteiger partial charge < -0.3 is 24.4 Å². The van der Waals surface area contributed by atoms with Gasteiger partial charge in [-0.25, -0.2) is 0 Å². The first-order chi connectivity index (χ1) is 13.2. The number of nitrogens with zero attached hydrogens (tertiary/aromatic N) is 1. The molecule has 140 valence electrons. The van der Waals surface area contributed by atoms with Crippen LogP contribution in [0, 0.1) is 0 Å². The fourth-order valence-electron chi connectivity index (χ4n) is 3.42. The lowest BCUT2D eigenvalue weighted by Gasteiger charge is -2.25. The first-order valence-electron chi connectivity index (χ1n) is 8.77. The lowest BCUT2D eigenvalue weighted by molar-refractivity contribution is -0.133. The smallest absolute Gasteiger partial charge is 0.247 e. The van der Waals surface area contributed by atoms with Gasteiger partial charge in [0.2, 0.25) is 18.6 Å². The molecule has 0 spiro atoms. The molecule has 4 rings (SSSR count). The molecule has 0 bridgehead atoms. The minimum atomic E-state index is -0.521. The van der Waals surface area contributed by atoms with E-state index in [0.29, 0.717) is 42.3 Å². The van der Waals surface area contributed by atoms with Gasteiger partial charge in [0.05, 0.1) is 13.7 Å². The highest BCUT2D eigenvalue weighted by Crippen LogP contribution is 2.34. The summed E-state index contributed by atoms with van der Waals surface area (Å²) in [5, 5.41) is 2.88. The molecule has 27 heavy (non-hydrogen) atoms. The van der Waals surface area contributed by atoms with Gasteiger partial charge in [0.15, 0.2) is 11.5 Å². The monoisotopic (exact) mass is 368 g/mol. The van der Waals surface area contributed by atoms with Gasteiger partial charge in [-0.3, -0.25) is 9.59 Å². The Bertz CT molecular complexity index is 882. The van der Waals surface area contributed by atoms with E-state index in [9.17, 15) is 9.59 Å². The fraction of sp³-hybridized carbons (Fsp3) is 0.300. The summed E-state index contributed by atoms with van der Waals surface area (Å²) in [6.45, 7) is 0.513. The Morgan fingerprint density at radius 3 is 2.89 bits per heavy atom. The third kappa shape index (κ3) is 3.40. The summed E-state index contributed by atoms with van der Waals surface area (Å²) in [6, 6.07) is 12.2. The molecule has 2 aromatic rings. The molecule has 7 nitrogen and oxygen atoms in total. The maximum Gasteiger partial charge on any atom is 0.247 e. The van der Waals surface area contributed by atoms with Crippen molar-refractivity contribution < 1.29 is 23.8 Å². The minimum Gasteiger partial charge on any atom is -0.496 e. The maximum absolute atomic E-state index is 12.8. The molecule has 1 N–H and O–H groups in total. The lowest BCUT2D eigenvalue weighted by atomic mass is 10.1. The quantitative estimate of drug-likeness (QED) is 0.878. The molecule has 2 aliphatic heterocycles. The van der Waals surface area contributed by atoms with Crippen LogP contribution in [0.1, 0.15) is 18.4 Å². The average Bonchev–Trinajstić information content (AvgIpc) is 3.29. The molecule has 0 aliphatic carbocycles. The van der Waals surface area contributed by atoms with Gasteiger partial charge in [-0.05, 0) is 24.6 Å². The Morgan fingerprint density at radius 1 is 1.22 bits per heavy atom. The van der Waals surface area contributed by atoms with Crippen molar-refractivity contribution in [2.45, 2.75) is 25.4 Å². The third-order valence-electron chi connectivity index (χ3n) is 4.80. The molecule has 2 heterocycles. The van der Waals surface area contributed by atoms with Crippen molar-refractivity contribution in [2.75, 3.05) is 19.2 Å². The molecule has 2 aliphatic rings. The number of rotatable bonds is 5. The van der Waals surface area contributed by atoms with Crippen molar-refractivity contribution in [3.63, 3.8) is 0 Å². The van der Waals surface area contributed by atoms with Crippen molar-refractivity contribution >= 4 is 17.5 Å². The topological polar surface area (TPSA) is 77.1 Å². The van der Waals surface area contributed by atoms with Gasteiger partial charge in [0.1, 0.15) is 11.8 Å². The highest BCUT2D eigenvalue weighted by Gasteiger charge is 2.36. The second kappa shape index (κ2) is 7.19. The van der Waals surface area contributed by atoms with Gasteiger partial charge in [-0.2, -0.15) is 0 Å². The van der Waals surface area contributed by atoms with Gasteiger partial charge >= 0.3 is 0 Å². The molecule has 1 saturated heterocycles. The summed E-state index contributed by atoms with van der Waals surface area (Å²) < 4.78 is 16.0. The first-order valence-corrected chi connectivity index (χ1v) is 8.77. The Balaban J connectivity index is 1.49. The van der Waals surface area contributed by atoms with E-state index in [1.54, 1.807) is 30.2 Å². The van der Waals surface area contributed by atoms with E-state index < -0.39 is 6.04 Å². The van der Waals surface area contributed by atoms with Gasteiger partial charge in [-0.15, -0.1) is 0 Å². The highest BCUT2D eigenvalue weighted by molar-refractivity contribution is 5.99. The summed E-state index contributed by atoms with van der Waals surface area (Å²) in [5.41, 5.74) is 1.48. The lowest BCUT2D eigenvalue weighted by Crippen LogP contribution is -2.41. The van der Waals surface area contributed by atoms with Crippen LogP contribution in [0.5, 0.6) is 17.2 Å². The van der Waals surface area contributed by atoms with Crippen molar-refractivity contribution in [1.82, 2.24) is 4.90 Å². The molecule has 0 aromatic heterocycles. The van der Waals surface area contributed by atoms with Gasteiger partial charge in [0.25, 0.3) is 0 Å². The zero-order valence-corrected chi connectivity index (χ0v) is 14.9. The second-order valence-electron chi connectivity index (χ2n) is 6.45. The zero-order valence-electron chi connectivity index (χ0n) is 14.9. The third-order valence-corrected chi connectivity index (χ3v) is 4.80. The Hall–Kier alpha value is -3.22. The molecule has 0 saturated carbocycles. The number of ether oxygens (including phenoxy) is 3. The summed E-state index contributed by atoms with van der Waals surface area (Å²) >= 11 is 0. The number of para-hydroxylation sites is 1. The summed E-state index contributed by atoms with van der Waals surface area (Å²) in [4.78, 5) is 26.8. The zero-order chi connectivity index (χ0) is 18.8. The Labute approximate surface area is 156 Å². The molecule has 1 atom stereocenters. The fourth-order valence-corrected chi connectivity index (χ4v) is 3.42. The summed E-state index contributed by atoms with van der Waals surface area (Å²) in [7, 11) is 1.59. The van der Waals surface area contributed by atoms with Crippen LogP contribution in [-0.2, 0) is 16.1 Å².